The highest BCUT2D eigenvalue weighted by Gasteiger charge is 2.35. The van der Waals surface area contributed by atoms with E-state index in [1.807, 2.05) is 0 Å². The van der Waals surface area contributed by atoms with Crippen LogP contribution in [0, 0.1) is 0 Å². The van der Waals surface area contributed by atoms with Crippen molar-refractivity contribution < 1.29 is 30.0 Å². The smallest absolute Gasteiger partial charge is 0.197 e. The number of carbonyl (C=O) groups is 2. The van der Waals surface area contributed by atoms with Crippen molar-refractivity contribution in [1.82, 2.24) is 0 Å². The first-order valence-electron chi connectivity index (χ1n) is 2.68. The van der Waals surface area contributed by atoms with E-state index in [-0.39, 0.29) is 0 Å². The summed E-state index contributed by atoms with van der Waals surface area (Å²) in [5.41, 5.74) is -2.98. The van der Waals surface area contributed by atoms with Crippen LogP contribution in [0.1, 0.15) is 0 Å². The number of carbonyl (C=O) groups excluding carboxylic acids is 2. The van der Waals surface area contributed by atoms with E-state index in [4.69, 9.17) is 15.3 Å². The minimum absolute atomic E-state index is 1.16. The van der Waals surface area contributed by atoms with Crippen molar-refractivity contribution in [3.63, 3.8) is 0 Å². The molecular formula is C5H7O6-. The van der Waals surface area contributed by atoms with Gasteiger partial charge >= 0.3 is 0 Å². The normalized spacial score (nSPS) is 15.5. The maximum absolute atomic E-state index is 10.4. The van der Waals surface area contributed by atoms with E-state index < -0.39 is 30.6 Å². The molecule has 0 aromatic rings. The number of Topliss-reactive ketones (excluding diaryl/α,β-unsaturated/α-hetero) is 1. The van der Waals surface area contributed by atoms with E-state index in [0.29, 0.717) is 0 Å². The van der Waals surface area contributed by atoms with E-state index in [2.05, 4.69) is 0 Å². The highest BCUT2D eigenvalue weighted by atomic mass is 16.4. The lowest BCUT2D eigenvalue weighted by molar-refractivity contribution is -0.323. The third-order valence-corrected chi connectivity index (χ3v) is 1.17. The van der Waals surface area contributed by atoms with Crippen LogP contribution in [0.25, 0.3) is 0 Å². The molecule has 0 amide bonds. The zero-order chi connectivity index (χ0) is 9.07. The quantitative estimate of drug-likeness (QED) is 0.364. The summed E-state index contributed by atoms with van der Waals surface area (Å²) in [6.07, 6.45) is 0. The highest BCUT2D eigenvalue weighted by molar-refractivity contribution is 6.06. The Balaban J connectivity index is 4.59. The summed E-state index contributed by atoms with van der Waals surface area (Å²) in [5, 5.41) is 35.1. The molecule has 0 spiro atoms. The summed E-state index contributed by atoms with van der Waals surface area (Å²) in [7, 11) is 0. The van der Waals surface area contributed by atoms with Gasteiger partial charge in [-0.05, 0) is 0 Å². The zero-order valence-corrected chi connectivity index (χ0v) is 5.48. The van der Waals surface area contributed by atoms with Crippen LogP contribution in [-0.4, -0.2) is 45.9 Å². The molecule has 11 heavy (non-hydrogen) atoms. The van der Waals surface area contributed by atoms with Gasteiger partial charge in [0.25, 0.3) is 0 Å². The molecule has 0 aliphatic rings. The summed E-state index contributed by atoms with van der Waals surface area (Å²) in [6, 6.07) is 0. The molecule has 0 aliphatic carbocycles. The summed E-state index contributed by atoms with van der Waals surface area (Å²) < 4.78 is 0. The Morgan fingerprint density at radius 2 is 1.82 bits per heavy atom. The van der Waals surface area contributed by atoms with Crippen LogP contribution in [0.4, 0.5) is 0 Å². The number of hydrogen-bond acceptors (Lipinski definition) is 6. The zero-order valence-electron chi connectivity index (χ0n) is 5.48. The van der Waals surface area contributed by atoms with Crippen LogP contribution in [0.3, 0.4) is 0 Å². The fourth-order valence-electron chi connectivity index (χ4n) is 0.397. The van der Waals surface area contributed by atoms with Gasteiger partial charge in [0.05, 0.1) is 12.6 Å². The minimum atomic E-state index is -2.98. The second-order valence-electron chi connectivity index (χ2n) is 1.89. The fraction of sp³-hybridized carbons (Fsp3) is 0.600. The molecule has 0 saturated carbocycles. The van der Waals surface area contributed by atoms with E-state index in [1.54, 1.807) is 0 Å². The molecule has 1 atom stereocenters. The Morgan fingerprint density at radius 3 is 1.91 bits per heavy atom. The lowest BCUT2D eigenvalue weighted by Crippen LogP contribution is -2.57. The Labute approximate surface area is 61.7 Å². The Hall–Kier alpha value is -0.980. The van der Waals surface area contributed by atoms with Gasteiger partial charge in [-0.15, -0.1) is 0 Å². The van der Waals surface area contributed by atoms with E-state index in [0.717, 1.165) is 0 Å². The first kappa shape index (κ1) is 10.0. The minimum Gasteiger partial charge on any atom is -0.546 e. The molecule has 0 aromatic carbocycles. The molecule has 0 saturated heterocycles. The maximum Gasteiger partial charge on any atom is 0.197 e. The maximum atomic E-state index is 10.4. The molecule has 3 N–H and O–H groups in total. The van der Waals surface area contributed by atoms with Crippen molar-refractivity contribution >= 4 is 11.8 Å². The van der Waals surface area contributed by atoms with Gasteiger partial charge in [-0.2, -0.15) is 0 Å². The van der Waals surface area contributed by atoms with Gasteiger partial charge in [0.15, 0.2) is 11.4 Å². The highest BCUT2D eigenvalue weighted by Crippen LogP contribution is 2.02. The number of aliphatic carboxylic acids is 1. The topological polar surface area (TPSA) is 118 Å². The monoisotopic (exact) mass is 163 g/mol. The lowest BCUT2D eigenvalue weighted by Gasteiger charge is -2.23. The largest absolute Gasteiger partial charge is 0.546 e. The number of carboxylic acid groups (broad SMARTS) is 1. The van der Waals surface area contributed by atoms with Gasteiger partial charge in [0.1, 0.15) is 6.61 Å². The van der Waals surface area contributed by atoms with Crippen LogP contribution in [0.15, 0.2) is 0 Å². The third-order valence-electron chi connectivity index (χ3n) is 1.17. The summed E-state index contributed by atoms with van der Waals surface area (Å²) in [6.45, 7) is -2.47. The van der Waals surface area contributed by atoms with Gasteiger partial charge in [-0.25, -0.2) is 0 Å². The Morgan fingerprint density at radius 1 is 1.36 bits per heavy atom. The van der Waals surface area contributed by atoms with Gasteiger partial charge in [-0.1, -0.05) is 0 Å². The molecule has 6 heteroatoms. The Bertz CT molecular complexity index is 176. The van der Waals surface area contributed by atoms with Crippen LogP contribution < -0.4 is 5.11 Å². The number of rotatable bonds is 4. The molecule has 0 rings (SSSR count). The molecule has 6 nitrogen and oxygen atoms in total. The predicted molar refractivity (Wildman–Crippen MR) is 29.1 cm³/mol. The van der Waals surface area contributed by atoms with Crippen molar-refractivity contribution in [1.29, 1.82) is 0 Å². The van der Waals surface area contributed by atoms with Crippen LogP contribution in [0.5, 0.6) is 0 Å². The Kier molecular flexibility index (Phi) is 3.12. The number of aliphatic hydroxyl groups excluding tert-OH is 2. The van der Waals surface area contributed by atoms with E-state index in [9.17, 15) is 14.7 Å². The van der Waals surface area contributed by atoms with Gasteiger partial charge in [0, 0.05) is 0 Å². The molecule has 0 radical (unpaired) electrons. The average Bonchev–Trinajstić information content (AvgIpc) is 2.01. The fourth-order valence-corrected chi connectivity index (χ4v) is 0.397. The van der Waals surface area contributed by atoms with Gasteiger partial charge in [0.2, 0.25) is 0 Å². The van der Waals surface area contributed by atoms with Crippen molar-refractivity contribution in [2.45, 2.75) is 5.60 Å². The lowest BCUT2D eigenvalue weighted by atomic mass is 10.0. The predicted octanol–water partition coefficient (Wildman–Crippen LogP) is -3.98. The molecule has 0 fully saturated rings. The SMILES string of the molecule is O=C([O-])C(O)(CO)C(=O)CO. The molecule has 64 valence electrons. The van der Waals surface area contributed by atoms with Crippen LogP contribution >= 0.6 is 0 Å². The van der Waals surface area contributed by atoms with Crippen molar-refractivity contribution in [2.75, 3.05) is 13.2 Å². The number of carboxylic acids is 1. The standard InChI is InChI=1S/C5H8O6/c6-1-3(8)5(11,2-7)4(9)10/h6-7,11H,1-2H2,(H,9,10)/p-1. The van der Waals surface area contributed by atoms with Gasteiger partial charge in [-0.3, -0.25) is 4.79 Å². The van der Waals surface area contributed by atoms with Gasteiger partial charge < -0.3 is 25.2 Å². The van der Waals surface area contributed by atoms with Crippen LogP contribution in [-0.2, 0) is 9.59 Å². The van der Waals surface area contributed by atoms with Crippen LogP contribution in [0.2, 0.25) is 0 Å². The third kappa shape index (κ3) is 1.73. The molecular weight excluding hydrogens is 156 g/mol. The first-order valence-corrected chi connectivity index (χ1v) is 2.68. The van der Waals surface area contributed by atoms with Crippen molar-refractivity contribution in [2.24, 2.45) is 0 Å². The van der Waals surface area contributed by atoms with E-state index in [1.165, 1.54) is 0 Å². The second kappa shape index (κ2) is 3.42. The number of hydrogen-bond donors (Lipinski definition) is 3. The van der Waals surface area contributed by atoms with Crippen molar-refractivity contribution in [3.8, 4) is 0 Å². The first-order chi connectivity index (χ1) is 4.99. The molecule has 0 bridgehead atoms. The number of ketones is 1. The summed E-state index contributed by atoms with van der Waals surface area (Å²) in [5.74, 6) is -3.53. The summed E-state index contributed by atoms with van der Waals surface area (Å²) in [4.78, 5) is 20.4. The molecule has 0 aliphatic heterocycles. The molecule has 0 heterocycles. The number of aliphatic hydroxyl groups is 3. The summed E-state index contributed by atoms with van der Waals surface area (Å²) >= 11 is 0. The van der Waals surface area contributed by atoms with Crippen molar-refractivity contribution in [3.05, 3.63) is 0 Å². The second-order valence-corrected chi connectivity index (χ2v) is 1.89. The molecule has 0 aromatic heterocycles. The van der Waals surface area contributed by atoms with E-state index >= 15 is 0 Å². The average molecular weight is 163 g/mol. The molecule has 1 unspecified atom stereocenters.